The van der Waals surface area contributed by atoms with Crippen molar-refractivity contribution in [3.8, 4) is 0 Å². The number of rotatable bonds is 9. The molecule has 0 saturated carbocycles. The van der Waals surface area contributed by atoms with Crippen molar-refractivity contribution in [2.45, 2.75) is 17.9 Å². The monoisotopic (exact) mass is 429 g/mol. The zero-order chi connectivity index (χ0) is 21.6. The lowest BCUT2D eigenvalue weighted by Crippen LogP contribution is -2.26. The minimum absolute atomic E-state index is 0.0797. The molecule has 0 unspecified atom stereocenters. The smallest absolute Gasteiger partial charge is 0.270 e. The third kappa shape index (κ3) is 5.20. The molecule has 0 fully saturated rings. The highest BCUT2D eigenvalue weighted by atomic mass is 32.2. The Kier molecular flexibility index (Phi) is 6.42. The Balaban J connectivity index is 1.70. The first-order chi connectivity index (χ1) is 14.4. The summed E-state index contributed by atoms with van der Waals surface area (Å²) in [7, 11) is -4.12. The van der Waals surface area contributed by atoms with E-state index in [2.05, 4.69) is 15.0 Å². The van der Waals surface area contributed by atoms with Crippen LogP contribution in [0.25, 0.3) is 0 Å². The predicted molar refractivity (Wildman–Crippen MR) is 110 cm³/mol. The Bertz CT molecular complexity index is 1150. The summed E-state index contributed by atoms with van der Waals surface area (Å²) in [5, 5.41) is 13.7. The summed E-state index contributed by atoms with van der Waals surface area (Å²) in [5.74, 6) is -0.432. The first-order valence-corrected chi connectivity index (χ1v) is 10.5. The lowest BCUT2D eigenvalue weighted by atomic mass is 10.1. The van der Waals surface area contributed by atoms with E-state index in [1.54, 1.807) is 24.7 Å². The van der Waals surface area contributed by atoms with Crippen LogP contribution >= 0.6 is 0 Å². The Morgan fingerprint density at radius 2 is 1.97 bits per heavy atom. The van der Waals surface area contributed by atoms with E-state index in [1.807, 2.05) is 10.8 Å². The van der Waals surface area contributed by atoms with Crippen molar-refractivity contribution in [3.05, 3.63) is 82.9 Å². The van der Waals surface area contributed by atoms with E-state index in [9.17, 15) is 23.3 Å². The molecule has 0 aliphatic carbocycles. The zero-order valence-electron chi connectivity index (χ0n) is 15.8. The molecule has 3 rings (SSSR count). The van der Waals surface area contributed by atoms with E-state index >= 15 is 0 Å². The number of imidazole rings is 1. The van der Waals surface area contributed by atoms with Crippen LogP contribution in [-0.4, -0.2) is 35.3 Å². The molecule has 0 atom stereocenters. The van der Waals surface area contributed by atoms with Crippen molar-refractivity contribution in [3.63, 3.8) is 0 Å². The lowest BCUT2D eigenvalue weighted by molar-refractivity contribution is -0.385. The van der Waals surface area contributed by atoms with E-state index in [1.165, 1.54) is 30.3 Å². The minimum Gasteiger partial charge on any atom is -0.352 e. The number of nitrogens with zero attached hydrogens (tertiary/aromatic N) is 3. The highest BCUT2D eigenvalue weighted by molar-refractivity contribution is 7.92. The maximum Gasteiger partial charge on any atom is 0.270 e. The van der Waals surface area contributed by atoms with Gasteiger partial charge in [0.2, 0.25) is 0 Å². The molecule has 11 heteroatoms. The van der Waals surface area contributed by atoms with E-state index in [4.69, 9.17) is 0 Å². The molecule has 0 spiro atoms. The van der Waals surface area contributed by atoms with Gasteiger partial charge in [0.1, 0.15) is 0 Å². The van der Waals surface area contributed by atoms with E-state index in [0.717, 1.165) is 6.07 Å². The van der Waals surface area contributed by atoms with Gasteiger partial charge in [-0.25, -0.2) is 13.4 Å². The molecule has 3 aromatic rings. The summed E-state index contributed by atoms with van der Waals surface area (Å²) in [5.41, 5.74) is -0.118. The van der Waals surface area contributed by atoms with Crippen LogP contribution in [0.1, 0.15) is 16.8 Å². The molecule has 1 amide bonds. The Morgan fingerprint density at radius 1 is 1.17 bits per heavy atom. The number of carbonyl (C=O) groups excluding carboxylic acids is 1. The Hall–Kier alpha value is -3.73. The van der Waals surface area contributed by atoms with Gasteiger partial charge in [-0.3, -0.25) is 19.6 Å². The fraction of sp³-hybridized carbons (Fsp3) is 0.158. The highest BCUT2D eigenvalue weighted by Crippen LogP contribution is 2.22. The molecule has 1 aromatic heterocycles. The molecule has 0 bridgehead atoms. The maximum atomic E-state index is 12.7. The first-order valence-electron chi connectivity index (χ1n) is 8.97. The number of anilines is 1. The number of hydrogen-bond donors (Lipinski definition) is 2. The van der Waals surface area contributed by atoms with Crippen LogP contribution in [0.5, 0.6) is 0 Å². The van der Waals surface area contributed by atoms with Crippen molar-refractivity contribution >= 4 is 27.3 Å². The molecule has 0 aliphatic heterocycles. The normalized spacial score (nSPS) is 11.1. The number of hydrogen-bond acceptors (Lipinski definition) is 6. The van der Waals surface area contributed by atoms with Gasteiger partial charge in [0.15, 0.2) is 0 Å². The van der Waals surface area contributed by atoms with Crippen LogP contribution < -0.4 is 10.0 Å². The second kappa shape index (κ2) is 9.18. The maximum absolute atomic E-state index is 12.7. The average molecular weight is 429 g/mol. The van der Waals surface area contributed by atoms with E-state index in [-0.39, 0.29) is 21.8 Å². The second-order valence-electron chi connectivity index (χ2n) is 6.32. The second-order valence-corrected chi connectivity index (χ2v) is 8.00. The average Bonchev–Trinajstić information content (AvgIpc) is 3.25. The summed E-state index contributed by atoms with van der Waals surface area (Å²) >= 11 is 0. The topological polar surface area (TPSA) is 136 Å². The number of non-ortho nitro benzene ring substituents is 1. The molecule has 0 radical (unpaired) electrons. The fourth-order valence-electron chi connectivity index (χ4n) is 2.72. The lowest BCUT2D eigenvalue weighted by Gasteiger charge is -2.13. The van der Waals surface area contributed by atoms with Gasteiger partial charge in [-0.15, -0.1) is 0 Å². The van der Waals surface area contributed by atoms with Crippen LogP contribution in [0.3, 0.4) is 0 Å². The summed E-state index contributed by atoms with van der Waals surface area (Å²) in [6, 6.07) is 10.8. The van der Waals surface area contributed by atoms with Gasteiger partial charge in [-0.05, 0) is 24.6 Å². The molecule has 10 nitrogen and oxygen atoms in total. The van der Waals surface area contributed by atoms with Crippen LogP contribution in [0, 0.1) is 10.1 Å². The molecule has 2 N–H and O–H groups in total. The highest BCUT2D eigenvalue weighted by Gasteiger charge is 2.20. The zero-order valence-corrected chi connectivity index (χ0v) is 16.6. The van der Waals surface area contributed by atoms with Gasteiger partial charge < -0.3 is 9.88 Å². The van der Waals surface area contributed by atoms with Crippen molar-refractivity contribution in [2.24, 2.45) is 0 Å². The SMILES string of the molecule is O=C(NCCCn1ccnc1)c1ccccc1NS(=O)(=O)c1cccc([N+](=O)[O-])c1. The van der Waals surface area contributed by atoms with E-state index in [0.29, 0.717) is 19.5 Å². The van der Waals surface area contributed by atoms with Crippen molar-refractivity contribution in [1.82, 2.24) is 14.9 Å². The predicted octanol–water partition coefficient (Wildman–Crippen LogP) is 2.41. The fourth-order valence-corrected chi connectivity index (χ4v) is 3.83. The molecular weight excluding hydrogens is 410 g/mol. The molecule has 30 heavy (non-hydrogen) atoms. The van der Waals surface area contributed by atoms with Crippen molar-refractivity contribution < 1.29 is 18.1 Å². The van der Waals surface area contributed by atoms with Gasteiger partial charge in [0, 0.05) is 37.6 Å². The van der Waals surface area contributed by atoms with Crippen molar-refractivity contribution in [1.29, 1.82) is 0 Å². The number of carbonyl (C=O) groups is 1. The molecule has 1 heterocycles. The number of nitrogens with one attached hydrogen (secondary N) is 2. The molecule has 0 aliphatic rings. The number of nitro groups is 1. The van der Waals surface area contributed by atoms with Gasteiger partial charge in [-0.1, -0.05) is 18.2 Å². The van der Waals surface area contributed by atoms with Gasteiger partial charge in [0.25, 0.3) is 21.6 Å². The van der Waals surface area contributed by atoms with Crippen LogP contribution in [0.2, 0.25) is 0 Å². The molecule has 0 saturated heterocycles. The molecule has 156 valence electrons. The van der Waals surface area contributed by atoms with Gasteiger partial charge in [-0.2, -0.15) is 0 Å². The summed E-state index contributed by atoms with van der Waals surface area (Å²) in [4.78, 5) is 26.4. The quantitative estimate of drug-likeness (QED) is 0.304. The largest absolute Gasteiger partial charge is 0.352 e. The third-order valence-corrected chi connectivity index (χ3v) is 5.56. The van der Waals surface area contributed by atoms with Crippen LogP contribution in [0.4, 0.5) is 11.4 Å². The third-order valence-electron chi connectivity index (χ3n) is 4.19. The Morgan fingerprint density at radius 3 is 2.70 bits per heavy atom. The number of sulfonamides is 1. The number of nitro benzene ring substituents is 1. The standard InChI is InChI=1S/C19H19N5O5S/c25-19(21-9-4-11-23-12-10-20-14-23)17-7-1-2-8-18(17)22-30(28,29)16-6-3-5-15(13-16)24(26)27/h1-3,5-8,10,12-14,22H,4,9,11H2,(H,21,25). The van der Waals surface area contributed by atoms with Crippen molar-refractivity contribution in [2.75, 3.05) is 11.3 Å². The minimum atomic E-state index is -4.12. The molecular formula is C19H19N5O5S. The Labute approximate surface area is 172 Å². The number of aromatic nitrogens is 2. The number of benzene rings is 2. The number of aryl methyl sites for hydroxylation is 1. The number of para-hydroxylation sites is 1. The first kappa shape index (κ1) is 21.0. The molecule has 2 aromatic carbocycles. The van der Waals surface area contributed by atoms with Crippen LogP contribution in [0.15, 0.2) is 72.1 Å². The number of amides is 1. The van der Waals surface area contributed by atoms with Gasteiger partial charge in [0.05, 0.1) is 27.4 Å². The summed E-state index contributed by atoms with van der Waals surface area (Å²) < 4.78 is 29.6. The van der Waals surface area contributed by atoms with Crippen LogP contribution in [-0.2, 0) is 16.6 Å². The summed E-state index contributed by atoms with van der Waals surface area (Å²) in [6.45, 7) is 1.07. The van der Waals surface area contributed by atoms with Gasteiger partial charge >= 0.3 is 0 Å². The van der Waals surface area contributed by atoms with E-state index < -0.39 is 20.9 Å². The summed E-state index contributed by atoms with van der Waals surface area (Å²) in [6.07, 6.45) is 5.84.